The maximum atomic E-state index is 12.3. The van der Waals surface area contributed by atoms with Crippen LogP contribution in [0.5, 0.6) is 0 Å². The van der Waals surface area contributed by atoms with E-state index in [0.29, 0.717) is 22.4 Å². The summed E-state index contributed by atoms with van der Waals surface area (Å²) in [6.45, 7) is 0.397. The van der Waals surface area contributed by atoms with Crippen LogP contribution < -0.4 is 16.6 Å². The molecule has 3 rings (SSSR count). The van der Waals surface area contributed by atoms with Gasteiger partial charge in [-0.3, -0.25) is 18.7 Å². The van der Waals surface area contributed by atoms with Gasteiger partial charge in [-0.1, -0.05) is 35.5 Å². The topological polar surface area (TPSA) is 90.9 Å². The minimum absolute atomic E-state index is 0.138. The van der Waals surface area contributed by atoms with E-state index >= 15 is 0 Å². The number of carbonyl (C=O) groups is 1. The molecule has 10 heteroatoms. The summed E-state index contributed by atoms with van der Waals surface area (Å²) in [6, 6.07) is 7.22. The number of hydrogen-bond acceptors (Lipinski definition) is 5. The first kappa shape index (κ1) is 19.2. The van der Waals surface area contributed by atoms with Gasteiger partial charge in [0.25, 0.3) is 5.56 Å². The molecule has 2 heterocycles. The van der Waals surface area contributed by atoms with Crippen molar-refractivity contribution >= 4 is 40.4 Å². The number of thioether (sulfide) groups is 1. The largest absolute Gasteiger partial charge is 0.351 e. The minimum Gasteiger partial charge on any atom is -0.351 e. The number of hydrogen-bond donors (Lipinski definition) is 1. The van der Waals surface area contributed by atoms with Gasteiger partial charge in [0.2, 0.25) is 5.91 Å². The Bertz CT molecular complexity index is 1130. The third-order valence-electron chi connectivity index (χ3n) is 4.16. The van der Waals surface area contributed by atoms with Gasteiger partial charge in [-0.25, -0.2) is 9.78 Å². The second-order valence-corrected chi connectivity index (χ2v) is 7.40. The van der Waals surface area contributed by atoms with E-state index < -0.39 is 11.2 Å². The van der Waals surface area contributed by atoms with Crippen molar-refractivity contribution in [3.8, 4) is 0 Å². The number of aromatic nitrogens is 4. The zero-order valence-corrected chi connectivity index (χ0v) is 16.6. The quantitative estimate of drug-likeness (QED) is 0.638. The number of carbonyl (C=O) groups excluding carboxylic acids is 1. The summed E-state index contributed by atoms with van der Waals surface area (Å²) in [5.41, 5.74) is 0.688. The van der Waals surface area contributed by atoms with Crippen LogP contribution in [0.25, 0.3) is 11.2 Å². The van der Waals surface area contributed by atoms with Gasteiger partial charge in [-0.2, -0.15) is 0 Å². The molecule has 27 heavy (non-hydrogen) atoms. The van der Waals surface area contributed by atoms with Crippen molar-refractivity contribution < 1.29 is 4.79 Å². The van der Waals surface area contributed by atoms with Crippen LogP contribution in [0.2, 0.25) is 5.02 Å². The molecule has 0 fully saturated rings. The Morgan fingerprint density at radius 3 is 2.44 bits per heavy atom. The van der Waals surface area contributed by atoms with Gasteiger partial charge in [-0.15, -0.1) is 0 Å². The highest BCUT2D eigenvalue weighted by Gasteiger charge is 2.17. The molecule has 0 aliphatic carbocycles. The summed E-state index contributed by atoms with van der Waals surface area (Å²) in [5, 5.41) is 3.95. The number of fused-ring (bicyclic) bond motifs is 1. The first-order valence-electron chi connectivity index (χ1n) is 8.06. The lowest BCUT2D eigenvalue weighted by Crippen LogP contribution is -2.37. The molecule has 0 spiro atoms. The van der Waals surface area contributed by atoms with Gasteiger partial charge in [-0.05, 0) is 17.7 Å². The molecule has 3 aromatic rings. The third kappa shape index (κ3) is 3.79. The van der Waals surface area contributed by atoms with Gasteiger partial charge >= 0.3 is 5.69 Å². The Kier molecular flexibility index (Phi) is 5.43. The maximum Gasteiger partial charge on any atom is 0.332 e. The smallest absolute Gasteiger partial charge is 0.332 e. The fourth-order valence-corrected chi connectivity index (χ4v) is 3.60. The highest BCUT2D eigenvalue weighted by Crippen LogP contribution is 2.20. The van der Waals surface area contributed by atoms with E-state index in [1.165, 1.54) is 23.4 Å². The number of nitrogens with zero attached hydrogens (tertiary/aromatic N) is 4. The summed E-state index contributed by atoms with van der Waals surface area (Å²) in [5.74, 6) is -0.0252. The molecule has 0 radical (unpaired) electrons. The van der Waals surface area contributed by atoms with E-state index in [1.807, 2.05) is 12.1 Å². The molecule has 0 atom stereocenters. The molecule has 1 aromatic carbocycles. The molecular formula is C17H18ClN5O3S. The van der Waals surface area contributed by atoms with E-state index in [-0.39, 0.29) is 17.2 Å². The highest BCUT2D eigenvalue weighted by atomic mass is 35.5. The van der Waals surface area contributed by atoms with Crippen LogP contribution in [0.4, 0.5) is 0 Å². The lowest BCUT2D eigenvalue weighted by molar-refractivity contribution is -0.118. The molecule has 0 aliphatic rings. The van der Waals surface area contributed by atoms with Crippen molar-refractivity contribution in [2.45, 2.75) is 11.7 Å². The van der Waals surface area contributed by atoms with E-state index in [4.69, 9.17) is 11.6 Å². The second kappa shape index (κ2) is 7.61. The van der Waals surface area contributed by atoms with Crippen LogP contribution in [0.15, 0.2) is 39.0 Å². The molecule has 0 aliphatic heterocycles. The number of halogens is 1. The van der Waals surface area contributed by atoms with Crippen molar-refractivity contribution in [1.29, 1.82) is 0 Å². The predicted molar refractivity (Wildman–Crippen MR) is 105 cm³/mol. The van der Waals surface area contributed by atoms with Gasteiger partial charge < -0.3 is 9.88 Å². The Hall–Kier alpha value is -2.52. The van der Waals surface area contributed by atoms with E-state index in [2.05, 4.69) is 10.3 Å². The molecule has 2 aromatic heterocycles. The fourth-order valence-electron chi connectivity index (χ4n) is 2.67. The maximum absolute atomic E-state index is 12.3. The van der Waals surface area contributed by atoms with Crippen molar-refractivity contribution in [1.82, 2.24) is 24.0 Å². The highest BCUT2D eigenvalue weighted by molar-refractivity contribution is 7.99. The molecule has 8 nitrogen and oxygen atoms in total. The van der Waals surface area contributed by atoms with Gasteiger partial charge in [0, 0.05) is 32.7 Å². The Morgan fingerprint density at radius 2 is 1.78 bits per heavy atom. The summed E-state index contributed by atoms with van der Waals surface area (Å²) >= 11 is 7.04. The van der Waals surface area contributed by atoms with Crippen LogP contribution in [-0.4, -0.2) is 30.3 Å². The van der Waals surface area contributed by atoms with Crippen LogP contribution in [0.1, 0.15) is 5.56 Å². The Labute approximate surface area is 163 Å². The average molecular weight is 408 g/mol. The molecule has 1 amide bonds. The molecule has 1 N–H and O–H groups in total. The summed E-state index contributed by atoms with van der Waals surface area (Å²) in [7, 11) is 4.71. The molecule has 0 saturated carbocycles. The molecular weight excluding hydrogens is 390 g/mol. The summed E-state index contributed by atoms with van der Waals surface area (Å²) in [6.07, 6.45) is 0. The predicted octanol–water partition coefficient (Wildman–Crippen LogP) is 1.03. The normalized spacial score (nSPS) is 11.1. The monoisotopic (exact) mass is 407 g/mol. The molecule has 0 unspecified atom stereocenters. The number of rotatable bonds is 5. The number of imidazole rings is 1. The number of aryl methyl sites for hydroxylation is 2. The van der Waals surface area contributed by atoms with Crippen LogP contribution >= 0.6 is 23.4 Å². The number of amides is 1. The SMILES string of the molecule is Cn1c(=O)c2nc(SCC(=O)NCc3ccc(Cl)cc3)n(C)c2n(C)c1=O. The molecule has 142 valence electrons. The molecule has 0 saturated heterocycles. The lowest BCUT2D eigenvalue weighted by atomic mass is 10.2. The zero-order valence-electron chi connectivity index (χ0n) is 15.0. The van der Waals surface area contributed by atoms with Crippen LogP contribution in [-0.2, 0) is 32.5 Å². The number of nitrogens with one attached hydrogen (secondary N) is 1. The van der Waals surface area contributed by atoms with E-state index in [0.717, 1.165) is 10.1 Å². The number of benzene rings is 1. The second-order valence-electron chi connectivity index (χ2n) is 6.02. The van der Waals surface area contributed by atoms with Gasteiger partial charge in [0.05, 0.1) is 5.75 Å². The van der Waals surface area contributed by atoms with Gasteiger partial charge in [0.15, 0.2) is 16.3 Å². The van der Waals surface area contributed by atoms with E-state index in [9.17, 15) is 14.4 Å². The first-order chi connectivity index (χ1) is 12.8. The molecule has 0 bridgehead atoms. The Morgan fingerprint density at radius 1 is 1.11 bits per heavy atom. The standard InChI is InChI=1S/C17H18ClN5O3S/c1-21-14-13(15(25)23(3)17(26)22(14)2)20-16(21)27-9-12(24)19-8-10-4-6-11(18)7-5-10/h4-7H,8-9H2,1-3H3,(H,19,24). The summed E-state index contributed by atoms with van der Waals surface area (Å²) in [4.78, 5) is 40.8. The summed E-state index contributed by atoms with van der Waals surface area (Å²) < 4.78 is 4.03. The Balaban J connectivity index is 1.72. The van der Waals surface area contributed by atoms with Crippen molar-refractivity contribution in [3.05, 3.63) is 55.7 Å². The van der Waals surface area contributed by atoms with Gasteiger partial charge in [0.1, 0.15) is 0 Å². The zero-order chi connectivity index (χ0) is 19.7. The minimum atomic E-state index is -0.456. The van der Waals surface area contributed by atoms with Crippen LogP contribution in [0.3, 0.4) is 0 Å². The van der Waals surface area contributed by atoms with Crippen LogP contribution in [0, 0.1) is 0 Å². The average Bonchev–Trinajstić information content (AvgIpc) is 2.99. The first-order valence-corrected chi connectivity index (χ1v) is 9.42. The third-order valence-corrected chi connectivity index (χ3v) is 5.44. The fraction of sp³-hybridized carbons (Fsp3) is 0.294. The van der Waals surface area contributed by atoms with Crippen molar-refractivity contribution in [2.75, 3.05) is 5.75 Å². The van der Waals surface area contributed by atoms with Crippen molar-refractivity contribution in [3.63, 3.8) is 0 Å². The van der Waals surface area contributed by atoms with Crippen molar-refractivity contribution in [2.24, 2.45) is 21.1 Å². The van der Waals surface area contributed by atoms with E-state index in [1.54, 1.807) is 30.8 Å². The lowest BCUT2D eigenvalue weighted by Gasteiger charge is -2.07.